The van der Waals surface area contributed by atoms with Gasteiger partial charge >= 0.3 is 20.1 Å². The maximum atomic E-state index is 4.27. The molecule has 0 bridgehead atoms. The zero-order chi connectivity index (χ0) is 20.6. The Morgan fingerprint density at radius 2 is 1.45 bits per heavy atom. The molecule has 2 heterocycles. The van der Waals surface area contributed by atoms with Crippen LogP contribution in [0.5, 0.6) is 0 Å². The van der Waals surface area contributed by atoms with Gasteiger partial charge in [0.15, 0.2) is 0 Å². The van der Waals surface area contributed by atoms with E-state index in [9.17, 15) is 0 Å². The van der Waals surface area contributed by atoms with Crippen LogP contribution >= 0.6 is 0 Å². The van der Waals surface area contributed by atoms with E-state index in [0.717, 1.165) is 28.2 Å². The number of para-hydroxylation sites is 2. The molecule has 0 unspecified atom stereocenters. The number of hydrogen-bond acceptors (Lipinski definition) is 3. The predicted octanol–water partition coefficient (Wildman–Crippen LogP) is 6.33. The van der Waals surface area contributed by atoms with Crippen LogP contribution in [0.1, 0.15) is 5.56 Å². The van der Waals surface area contributed by atoms with E-state index in [4.69, 9.17) is 0 Å². The maximum absolute atomic E-state index is 4.27. The van der Waals surface area contributed by atoms with E-state index in [2.05, 4.69) is 35.0 Å². The van der Waals surface area contributed by atoms with Crippen molar-refractivity contribution in [3.8, 4) is 11.3 Å². The SMILES string of the molecule is [CH2-]c1ccccc1-c1ccccn1.[Ir+3].[c-]1ccccc1N1C=CN(c2ccccc2)[CH-]1. The first-order chi connectivity index (χ1) is 14.8. The van der Waals surface area contributed by atoms with Crippen LogP contribution in [0.4, 0.5) is 11.4 Å². The molecule has 0 saturated carbocycles. The molecule has 4 aromatic rings. The molecule has 0 radical (unpaired) electrons. The number of aromatic nitrogens is 1. The van der Waals surface area contributed by atoms with Crippen LogP contribution in [0, 0.1) is 19.7 Å². The van der Waals surface area contributed by atoms with Gasteiger partial charge in [-0.3, -0.25) is 4.98 Å². The molecular formula is C27H22IrN3. The van der Waals surface area contributed by atoms with E-state index < -0.39 is 0 Å². The van der Waals surface area contributed by atoms with Gasteiger partial charge in [0.05, 0.1) is 0 Å². The number of hydrogen-bond donors (Lipinski definition) is 0. The Kier molecular flexibility index (Phi) is 8.05. The second-order valence-corrected chi connectivity index (χ2v) is 6.68. The fourth-order valence-corrected chi connectivity index (χ4v) is 3.09. The number of rotatable bonds is 3. The van der Waals surface area contributed by atoms with E-state index in [-0.39, 0.29) is 20.1 Å². The topological polar surface area (TPSA) is 19.4 Å². The molecule has 1 aliphatic heterocycles. The van der Waals surface area contributed by atoms with Crippen LogP contribution in [0.2, 0.25) is 0 Å². The minimum absolute atomic E-state index is 0. The maximum Gasteiger partial charge on any atom is 3.00 e. The minimum Gasteiger partial charge on any atom is -0.500 e. The third kappa shape index (κ3) is 5.85. The van der Waals surface area contributed by atoms with Crippen LogP contribution in [-0.4, -0.2) is 4.98 Å². The van der Waals surface area contributed by atoms with Gasteiger partial charge in [0.2, 0.25) is 0 Å². The van der Waals surface area contributed by atoms with E-state index in [1.807, 2.05) is 109 Å². The van der Waals surface area contributed by atoms with Crippen LogP contribution < -0.4 is 9.80 Å². The molecule has 0 atom stereocenters. The molecule has 5 rings (SSSR count). The fraction of sp³-hybridized carbons (Fsp3) is 0. The summed E-state index contributed by atoms with van der Waals surface area (Å²) in [5, 5.41) is 0. The Balaban J connectivity index is 0.000000176. The van der Waals surface area contributed by atoms with Crippen LogP contribution in [0.15, 0.2) is 116 Å². The Bertz CT molecular complexity index is 1040. The average molecular weight is 581 g/mol. The van der Waals surface area contributed by atoms with Gasteiger partial charge < -0.3 is 9.80 Å². The fourth-order valence-electron chi connectivity index (χ4n) is 3.09. The van der Waals surface area contributed by atoms with Crippen molar-refractivity contribution in [1.82, 2.24) is 4.98 Å². The van der Waals surface area contributed by atoms with Crippen LogP contribution in [0.3, 0.4) is 0 Å². The van der Waals surface area contributed by atoms with Crippen LogP contribution in [0.25, 0.3) is 11.3 Å². The molecule has 0 N–H and O–H groups in total. The van der Waals surface area contributed by atoms with Crippen LogP contribution in [-0.2, 0) is 20.1 Å². The second-order valence-electron chi connectivity index (χ2n) is 6.68. The van der Waals surface area contributed by atoms with Gasteiger partial charge in [-0.2, -0.15) is 48.9 Å². The van der Waals surface area contributed by atoms with Crippen molar-refractivity contribution in [3.05, 3.63) is 141 Å². The first-order valence-corrected chi connectivity index (χ1v) is 9.75. The Labute approximate surface area is 198 Å². The first-order valence-electron chi connectivity index (χ1n) is 9.75. The molecule has 0 amide bonds. The summed E-state index contributed by atoms with van der Waals surface area (Å²) in [6.45, 7) is 6.00. The summed E-state index contributed by atoms with van der Waals surface area (Å²) >= 11 is 0. The van der Waals surface area contributed by atoms with Crippen molar-refractivity contribution in [2.75, 3.05) is 9.80 Å². The summed E-state index contributed by atoms with van der Waals surface area (Å²) < 4.78 is 0. The molecule has 1 aromatic heterocycles. The molecule has 1 aliphatic rings. The number of anilines is 2. The van der Waals surface area contributed by atoms with Gasteiger partial charge in [-0.25, -0.2) is 0 Å². The molecule has 3 nitrogen and oxygen atoms in total. The summed E-state index contributed by atoms with van der Waals surface area (Å²) in [4.78, 5) is 8.40. The van der Waals surface area contributed by atoms with Gasteiger partial charge in [-0.05, 0) is 36.7 Å². The number of benzene rings is 3. The zero-order valence-corrected chi connectivity index (χ0v) is 19.3. The zero-order valence-electron chi connectivity index (χ0n) is 16.9. The van der Waals surface area contributed by atoms with Gasteiger partial charge in [0, 0.05) is 17.6 Å². The van der Waals surface area contributed by atoms with Crippen molar-refractivity contribution in [2.24, 2.45) is 0 Å². The van der Waals surface area contributed by atoms with E-state index >= 15 is 0 Å². The molecule has 0 aliphatic carbocycles. The smallest absolute Gasteiger partial charge is 0.500 e. The standard InChI is InChI=1S/C15H12N2.C12H10N.Ir/c1-3-7-14(8-4-1)16-11-12-17(13-16)15-9-5-2-6-10-15;1-10-6-2-3-7-11(10)12-8-4-5-9-13-12;/h1-9,11-13H;2-9H,1H2;/q-2;-1;+3. The summed E-state index contributed by atoms with van der Waals surface area (Å²) in [6.07, 6.45) is 5.86. The predicted molar refractivity (Wildman–Crippen MR) is 124 cm³/mol. The van der Waals surface area contributed by atoms with E-state index in [0.29, 0.717) is 0 Å². The summed E-state index contributed by atoms with van der Waals surface area (Å²) in [6, 6.07) is 35.3. The third-order valence-electron chi connectivity index (χ3n) is 4.62. The summed E-state index contributed by atoms with van der Waals surface area (Å²) in [5.41, 5.74) is 5.29. The molecule has 154 valence electrons. The molecule has 0 fully saturated rings. The quantitative estimate of drug-likeness (QED) is 0.264. The molecule has 0 spiro atoms. The first kappa shape index (κ1) is 22.4. The molecular weight excluding hydrogens is 559 g/mol. The number of pyridine rings is 1. The minimum atomic E-state index is 0. The van der Waals surface area contributed by atoms with Gasteiger partial charge in [-0.1, -0.05) is 30.3 Å². The Morgan fingerprint density at radius 3 is 2.16 bits per heavy atom. The van der Waals surface area contributed by atoms with Gasteiger partial charge in [0.25, 0.3) is 0 Å². The van der Waals surface area contributed by atoms with Crippen molar-refractivity contribution in [1.29, 1.82) is 0 Å². The normalized spacial score (nSPS) is 12.0. The van der Waals surface area contributed by atoms with Crippen molar-refractivity contribution >= 4 is 11.4 Å². The average Bonchev–Trinajstić information content (AvgIpc) is 3.32. The molecule has 31 heavy (non-hydrogen) atoms. The largest absolute Gasteiger partial charge is 3.00 e. The Hall–Kier alpha value is -3.33. The second kappa shape index (κ2) is 11.2. The van der Waals surface area contributed by atoms with E-state index in [1.54, 1.807) is 6.20 Å². The third-order valence-corrected chi connectivity index (χ3v) is 4.62. The number of nitrogens with zero attached hydrogens (tertiary/aromatic N) is 3. The van der Waals surface area contributed by atoms with Gasteiger partial charge in [0.1, 0.15) is 0 Å². The monoisotopic (exact) mass is 581 g/mol. The van der Waals surface area contributed by atoms with Crippen molar-refractivity contribution < 1.29 is 20.1 Å². The molecule has 0 saturated heterocycles. The molecule has 3 aromatic carbocycles. The van der Waals surface area contributed by atoms with E-state index in [1.165, 1.54) is 0 Å². The molecule has 4 heteroatoms. The Morgan fingerprint density at radius 1 is 0.742 bits per heavy atom. The summed E-state index contributed by atoms with van der Waals surface area (Å²) in [7, 11) is 0. The van der Waals surface area contributed by atoms with Crippen molar-refractivity contribution in [3.63, 3.8) is 0 Å². The summed E-state index contributed by atoms with van der Waals surface area (Å²) in [5.74, 6) is 0. The van der Waals surface area contributed by atoms with Crippen molar-refractivity contribution in [2.45, 2.75) is 0 Å². The van der Waals surface area contributed by atoms with Gasteiger partial charge in [-0.15, -0.1) is 30.1 Å².